The van der Waals surface area contributed by atoms with Gasteiger partial charge in [-0.3, -0.25) is 10.1 Å². The molecule has 0 aliphatic rings. The molecule has 1 aromatic rings. The van der Waals surface area contributed by atoms with Gasteiger partial charge in [-0.05, 0) is 6.07 Å². The van der Waals surface area contributed by atoms with Crippen molar-refractivity contribution in [3.8, 4) is 5.75 Å². The number of phenols is 1. The van der Waals surface area contributed by atoms with Crippen LogP contribution in [0.3, 0.4) is 0 Å². The second-order valence-corrected chi connectivity index (χ2v) is 2.39. The van der Waals surface area contributed by atoms with Crippen molar-refractivity contribution in [2.75, 3.05) is 0 Å². The predicted octanol–water partition coefficient (Wildman–Crippen LogP) is 2.38. The Morgan fingerprint density at radius 2 is 2.00 bits per heavy atom. The third-order valence-electron chi connectivity index (χ3n) is 1.56. The van der Waals surface area contributed by atoms with Gasteiger partial charge in [0.05, 0.1) is 4.92 Å². The molecular formula is C7H4F3NO3. The summed E-state index contributed by atoms with van der Waals surface area (Å²) in [5.74, 6) is -2.70. The van der Waals surface area contributed by atoms with Gasteiger partial charge in [0.2, 0.25) is 5.75 Å². The van der Waals surface area contributed by atoms with E-state index in [9.17, 15) is 23.3 Å². The standard InChI is InChI=1S/C7H4F3NO3/c8-3-1-2-4(11(13)14)6(12)5(3)7(9)10/h1-2,7,12H. The lowest BCUT2D eigenvalue weighted by Crippen LogP contribution is -1.96. The zero-order chi connectivity index (χ0) is 10.9. The Labute approximate surface area is 75.7 Å². The number of nitro benzene ring substituents is 1. The van der Waals surface area contributed by atoms with Crippen LogP contribution in [-0.4, -0.2) is 10.0 Å². The molecule has 0 unspecified atom stereocenters. The second kappa shape index (κ2) is 3.52. The summed E-state index contributed by atoms with van der Waals surface area (Å²) in [5.41, 5.74) is -2.29. The molecule has 0 atom stereocenters. The van der Waals surface area contributed by atoms with Crippen LogP contribution in [0.15, 0.2) is 12.1 Å². The summed E-state index contributed by atoms with van der Waals surface area (Å²) >= 11 is 0. The maximum Gasteiger partial charge on any atom is 0.311 e. The molecule has 1 N–H and O–H groups in total. The number of nitrogens with zero attached hydrogens (tertiary/aromatic N) is 1. The van der Waals surface area contributed by atoms with E-state index in [1.807, 2.05) is 0 Å². The van der Waals surface area contributed by atoms with Crippen LogP contribution in [-0.2, 0) is 0 Å². The summed E-state index contributed by atoms with van der Waals surface area (Å²) in [4.78, 5) is 9.12. The fraction of sp³-hybridized carbons (Fsp3) is 0.143. The lowest BCUT2D eigenvalue weighted by molar-refractivity contribution is -0.386. The number of hydrogen-bond acceptors (Lipinski definition) is 3. The maximum absolute atomic E-state index is 12.7. The zero-order valence-electron chi connectivity index (χ0n) is 6.58. The van der Waals surface area contributed by atoms with Crippen LogP contribution in [0.4, 0.5) is 18.9 Å². The van der Waals surface area contributed by atoms with Crippen LogP contribution < -0.4 is 0 Å². The van der Waals surface area contributed by atoms with Gasteiger partial charge >= 0.3 is 5.69 Å². The summed E-state index contributed by atoms with van der Waals surface area (Å²) in [6, 6.07) is 1.13. The van der Waals surface area contributed by atoms with E-state index in [1.54, 1.807) is 0 Å². The van der Waals surface area contributed by atoms with Gasteiger partial charge in [-0.25, -0.2) is 13.2 Å². The van der Waals surface area contributed by atoms with Gasteiger partial charge in [0.1, 0.15) is 11.4 Å². The number of benzene rings is 1. The first-order valence-electron chi connectivity index (χ1n) is 3.39. The summed E-state index contributed by atoms with van der Waals surface area (Å²) in [5, 5.41) is 19.1. The van der Waals surface area contributed by atoms with Gasteiger partial charge in [-0.2, -0.15) is 0 Å². The lowest BCUT2D eigenvalue weighted by atomic mass is 10.1. The molecule has 0 fully saturated rings. The monoisotopic (exact) mass is 207 g/mol. The van der Waals surface area contributed by atoms with E-state index in [1.165, 1.54) is 0 Å². The maximum atomic E-state index is 12.7. The number of halogens is 3. The van der Waals surface area contributed by atoms with Gasteiger partial charge in [0.25, 0.3) is 6.43 Å². The molecule has 14 heavy (non-hydrogen) atoms. The minimum absolute atomic E-state index is 0.513. The van der Waals surface area contributed by atoms with E-state index in [4.69, 9.17) is 5.11 Å². The molecule has 0 saturated carbocycles. The molecule has 7 heteroatoms. The Kier molecular flexibility index (Phi) is 2.59. The molecular weight excluding hydrogens is 203 g/mol. The molecule has 0 saturated heterocycles. The number of aromatic hydroxyl groups is 1. The minimum Gasteiger partial charge on any atom is -0.502 e. The van der Waals surface area contributed by atoms with Gasteiger partial charge < -0.3 is 5.11 Å². The van der Waals surface area contributed by atoms with Crippen LogP contribution in [0, 0.1) is 15.9 Å². The number of nitro groups is 1. The Hall–Kier alpha value is -1.79. The Balaban J connectivity index is 3.41. The van der Waals surface area contributed by atoms with E-state index in [-0.39, 0.29) is 0 Å². The van der Waals surface area contributed by atoms with Gasteiger partial charge in [0.15, 0.2) is 0 Å². The van der Waals surface area contributed by atoms with E-state index in [0.717, 1.165) is 0 Å². The van der Waals surface area contributed by atoms with Crippen LogP contribution in [0.25, 0.3) is 0 Å². The molecule has 0 heterocycles. The van der Waals surface area contributed by atoms with E-state index < -0.39 is 34.2 Å². The highest BCUT2D eigenvalue weighted by molar-refractivity contribution is 5.51. The van der Waals surface area contributed by atoms with Crippen molar-refractivity contribution < 1.29 is 23.2 Å². The van der Waals surface area contributed by atoms with Crippen molar-refractivity contribution in [1.82, 2.24) is 0 Å². The van der Waals surface area contributed by atoms with Crippen LogP contribution >= 0.6 is 0 Å². The molecule has 0 aliphatic carbocycles. The third kappa shape index (κ3) is 1.61. The molecule has 0 aliphatic heterocycles. The number of alkyl halides is 2. The van der Waals surface area contributed by atoms with Crippen molar-refractivity contribution in [1.29, 1.82) is 0 Å². The summed E-state index contributed by atoms with van der Waals surface area (Å²) in [6.45, 7) is 0. The Bertz CT molecular complexity index is 381. The first-order chi connectivity index (χ1) is 6.45. The van der Waals surface area contributed by atoms with Gasteiger partial charge in [0, 0.05) is 6.07 Å². The molecule has 0 radical (unpaired) electrons. The van der Waals surface area contributed by atoms with Crippen LogP contribution in [0.5, 0.6) is 5.75 Å². The second-order valence-electron chi connectivity index (χ2n) is 2.39. The smallest absolute Gasteiger partial charge is 0.311 e. The highest BCUT2D eigenvalue weighted by Gasteiger charge is 2.26. The SMILES string of the molecule is O=[N+]([O-])c1ccc(F)c(C(F)F)c1O. The zero-order valence-corrected chi connectivity index (χ0v) is 6.58. The quantitative estimate of drug-likeness (QED) is 0.598. The van der Waals surface area contributed by atoms with Crippen LogP contribution in [0.2, 0.25) is 0 Å². The fourth-order valence-electron chi connectivity index (χ4n) is 0.927. The molecule has 1 rings (SSSR count). The van der Waals surface area contributed by atoms with E-state index in [0.29, 0.717) is 12.1 Å². The summed E-state index contributed by atoms with van der Waals surface area (Å²) < 4.78 is 36.9. The van der Waals surface area contributed by atoms with Gasteiger partial charge in [-0.1, -0.05) is 0 Å². The summed E-state index contributed by atoms with van der Waals surface area (Å²) in [6.07, 6.45) is -3.30. The van der Waals surface area contributed by atoms with Crippen molar-refractivity contribution in [2.45, 2.75) is 6.43 Å². The van der Waals surface area contributed by atoms with E-state index >= 15 is 0 Å². The van der Waals surface area contributed by atoms with E-state index in [2.05, 4.69) is 0 Å². The molecule has 76 valence electrons. The third-order valence-corrected chi connectivity index (χ3v) is 1.56. The Morgan fingerprint density at radius 1 is 1.43 bits per heavy atom. The normalized spacial score (nSPS) is 10.6. The van der Waals surface area contributed by atoms with Crippen LogP contribution in [0.1, 0.15) is 12.0 Å². The molecule has 1 aromatic carbocycles. The van der Waals surface area contributed by atoms with Crippen molar-refractivity contribution in [3.63, 3.8) is 0 Å². The Morgan fingerprint density at radius 3 is 2.43 bits per heavy atom. The minimum atomic E-state index is -3.30. The predicted molar refractivity (Wildman–Crippen MR) is 39.7 cm³/mol. The van der Waals surface area contributed by atoms with Crippen molar-refractivity contribution >= 4 is 5.69 Å². The molecule has 0 amide bonds. The lowest BCUT2D eigenvalue weighted by Gasteiger charge is -2.04. The molecule has 4 nitrogen and oxygen atoms in total. The fourth-order valence-corrected chi connectivity index (χ4v) is 0.927. The number of phenolic OH excluding ortho intramolecular Hbond substituents is 1. The molecule has 0 aromatic heterocycles. The number of rotatable bonds is 2. The average molecular weight is 207 g/mol. The van der Waals surface area contributed by atoms with Gasteiger partial charge in [-0.15, -0.1) is 0 Å². The highest BCUT2D eigenvalue weighted by atomic mass is 19.3. The largest absolute Gasteiger partial charge is 0.502 e. The first kappa shape index (κ1) is 10.3. The molecule has 0 bridgehead atoms. The number of hydrogen-bond donors (Lipinski definition) is 1. The van der Waals surface area contributed by atoms with Crippen molar-refractivity contribution in [2.24, 2.45) is 0 Å². The highest BCUT2D eigenvalue weighted by Crippen LogP contribution is 2.37. The molecule has 0 spiro atoms. The van der Waals surface area contributed by atoms with Crippen molar-refractivity contribution in [3.05, 3.63) is 33.6 Å². The first-order valence-corrected chi connectivity index (χ1v) is 3.39. The summed E-state index contributed by atoms with van der Waals surface area (Å²) in [7, 11) is 0. The topological polar surface area (TPSA) is 63.4 Å². The average Bonchev–Trinajstić information content (AvgIpc) is 2.02.